The number of aromatic amines is 1. The molecule has 3 aromatic heterocycles. The third kappa shape index (κ3) is 3.75. The highest BCUT2D eigenvalue weighted by Gasteiger charge is 2.40. The maximum absolute atomic E-state index is 5.68. The van der Waals surface area contributed by atoms with Gasteiger partial charge >= 0.3 is 0 Å². The number of thiophene rings is 2. The Labute approximate surface area is 256 Å². The normalized spacial score (nSPS) is 16.9. The van der Waals surface area contributed by atoms with E-state index in [1.165, 1.54) is 40.6 Å². The maximum atomic E-state index is 5.68. The van der Waals surface area contributed by atoms with Gasteiger partial charge in [0.15, 0.2) is 5.66 Å². The molecule has 204 valence electrons. The molecule has 0 saturated heterocycles. The highest BCUT2D eigenvalue weighted by Crippen LogP contribution is 2.49. The van der Waals surface area contributed by atoms with E-state index < -0.39 is 5.66 Å². The van der Waals surface area contributed by atoms with E-state index >= 15 is 0 Å². The van der Waals surface area contributed by atoms with E-state index in [4.69, 9.17) is 4.99 Å². The van der Waals surface area contributed by atoms with Gasteiger partial charge < -0.3 is 10.3 Å². The topological polar surface area (TPSA) is 40.2 Å². The molecule has 0 spiro atoms. The predicted molar refractivity (Wildman–Crippen MR) is 184 cm³/mol. The molecule has 1 unspecified atom stereocenters. The standard InChI is InChI=1S/C38H25N3S2/c1-4-13-24(14-5-1)29-23-30(25-15-6-2-7-16-25)41-38(40-29,26-17-8-3-9-18-26)28-20-12-22-32-34(28)35-33-27-19-10-11-21-31(27)42-36(33)39-37(35)43-32/h1-23,39-40H. The van der Waals surface area contributed by atoms with Crippen molar-refractivity contribution in [2.24, 2.45) is 4.99 Å². The van der Waals surface area contributed by atoms with Crippen molar-refractivity contribution in [1.82, 2.24) is 10.3 Å². The van der Waals surface area contributed by atoms with Crippen LogP contribution in [0.25, 0.3) is 46.3 Å². The zero-order chi connectivity index (χ0) is 28.4. The highest BCUT2D eigenvalue weighted by molar-refractivity contribution is 7.28. The molecule has 3 nitrogen and oxygen atoms in total. The Morgan fingerprint density at radius 2 is 1.16 bits per heavy atom. The first-order valence-electron chi connectivity index (χ1n) is 14.4. The quantitative estimate of drug-likeness (QED) is 0.211. The molecule has 0 bridgehead atoms. The van der Waals surface area contributed by atoms with Crippen LogP contribution in [-0.4, -0.2) is 10.7 Å². The smallest absolute Gasteiger partial charge is 0.183 e. The van der Waals surface area contributed by atoms with Gasteiger partial charge in [0.05, 0.1) is 5.71 Å². The molecule has 0 saturated carbocycles. The average molecular weight is 588 g/mol. The zero-order valence-corrected chi connectivity index (χ0v) is 24.7. The lowest BCUT2D eigenvalue weighted by atomic mass is 9.85. The highest BCUT2D eigenvalue weighted by atomic mass is 32.1. The fraction of sp³-hybridized carbons (Fsp3) is 0.0263. The van der Waals surface area contributed by atoms with Crippen molar-refractivity contribution >= 4 is 74.7 Å². The number of allylic oxidation sites excluding steroid dienone is 1. The van der Waals surface area contributed by atoms with Gasteiger partial charge in [0.2, 0.25) is 0 Å². The number of nitrogens with one attached hydrogen (secondary N) is 2. The Bertz CT molecular complexity index is 2360. The third-order valence-corrected chi connectivity index (χ3v) is 10.6. The minimum Gasteiger partial charge on any atom is -0.353 e. The summed E-state index contributed by atoms with van der Waals surface area (Å²) >= 11 is 3.66. The van der Waals surface area contributed by atoms with Gasteiger partial charge in [-0.15, -0.1) is 22.7 Å². The molecule has 1 aliphatic rings. The molecule has 0 aliphatic carbocycles. The first kappa shape index (κ1) is 24.6. The summed E-state index contributed by atoms with van der Waals surface area (Å²) in [6, 6.07) is 47.2. The fourth-order valence-electron chi connectivity index (χ4n) is 6.50. The molecule has 9 rings (SSSR count). The van der Waals surface area contributed by atoms with Crippen molar-refractivity contribution in [3.8, 4) is 0 Å². The lowest BCUT2D eigenvalue weighted by molar-refractivity contribution is 0.493. The van der Waals surface area contributed by atoms with Gasteiger partial charge in [0.1, 0.15) is 9.66 Å². The van der Waals surface area contributed by atoms with E-state index in [2.05, 4.69) is 150 Å². The molecule has 43 heavy (non-hydrogen) atoms. The van der Waals surface area contributed by atoms with Gasteiger partial charge in [-0.3, -0.25) is 0 Å². The number of nitrogens with zero attached hydrogens (tertiary/aromatic N) is 1. The van der Waals surface area contributed by atoms with Crippen LogP contribution in [0.2, 0.25) is 0 Å². The van der Waals surface area contributed by atoms with Crippen molar-refractivity contribution in [3.63, 3.8) is 0 Å². The molecule has 8 aromatic rings. The summed E-state index contributed by atoms with van der Waals surface area (Å²) in [5, 5.41) is 9.14. The number of rotatable bonds is 4. The second-order valence-corrected chi connectivity index (χ2v) is 13.0. The monoisotopic (exact) mass is 587 g/mol. The van der Waals surface area contributed by atoms with E-state index in [1.54, 1.807) is 0 Å². The molecular weight excluding hydrogens is 563 g/mol. The molecule has 2 N–H and O–H groups in total. The molecule has 4 heterocycles. The van der Waals surface area contributed by atoms with Crippen molar-refractivity contribution in [3.05, 3.63) is 162 Å². The van der Waals surface area contributed by atoms with Crippen LogP contribution in [0.4, 0.5) is 0 Å². The molecule has 0 amide bonds. The van der Waals surface area contributed by atoms with Crippen molar-refractivity contribution in [2.75, 3.05) is 0 Å². The zero-order valence-electron chi connectivity index (χ0n) is 23.0. The van der Waals surface area contributed by atoms with Gasteiger partial charge in [-0.25, -0.2) is 4.99 Å². The minimum atomic E-state index is -0.866. The van der Waals surface area contributed by atoms with Crippen LogP contribution in [-0.2, 0) is 5.66 Å². The Morgan fingerprint density at radius 1 is 0.535 bits per heavy atom. The fourth-order valence-corrected chi connectivity index (χ4v) is 8.82. The Kier molecular flexibility index (Phi) is 5.45. The predicted octanol–water partition coefficient (Wildman–Crippen LogP) is 10.1. The second kappa shape index (κ2) is 9.53. The summed E-state index contributed by atoms with van der Waals surface area (Å²) in [6.45, 7) is 0. The number of fused-ring (bicyclic) bond motifs is 7. The minimum absolute atomic E-state index is 0.866. The van der Waals surface area contributed by atoms with E-state index in [9.17, 15) is 0 Å². The largest absolute Gasteiger partial charge is 0.353 e. The van der Waals surface area contributed by atoms with Gasteiger partial charge in [0, 0.05) is 47.8 Å². The van der Waals surface area contributed by atoms with Crippen LogP contribution >= 0.6 is 22.7 Å². The molecule has 1 atom stereocenters. The van der Waals surface area contributed by atoms with Crippen LogP contribution in [0.1, 0.15) is 22.3 Å². The van der Waals surface area contributed by atoms with E-state index in [-0.39, 0.29) is 0 Å². The Hall–Kier alpha value is -4.97. The number of hydrogen-bond donors (Lipinski definition) is 2. The van der Waals surface area contributed by atoms with Crippen molar-refractivity contribution in [1.29, 1.82) is 0 Å². The van der Waals surface area contributed by atoms with Gasteiger partial charge in [-0.05, 0) is 29.3 Å². The molecule has 5 aromatic carbocycles. The first-order valence-corrected chi connectivity index (χ1v) is 16.0. The molecular formula is C38H25N3S2. The summed E-state index contributed by atoms with van der Waals surface area (Å²) in [5.74, 6) is 0. The molecule has 5 heteroatoms. The van der Waals surface area contributed by atoms with Crippen LogP contribution in [0.5, 0.6) is 0 Å². The van der Waals surface area contributed by atoms with E-state index in [1.807, 2.05) is 22.7 Å². The maximum Gasteiger partial charge on any atom is 0.183 e. The summed E-state index contributed by atoms with van der Waals surface area (Å²) in [6.07, 6.45) is 2.19. The first-order chi connectivity index (χ1) is 21.3. The lowest BCUT2D eigenvalue weighted by Gasteiger charge is -2.38. The number of benzene rings is 5. The Balaban J connectivity index is 1.42. The lowest BCUT2D eigenvalue weighted by Crippen LogP contribution is -2.44. The van der Waals surface area contributed by atoms with Crippen LogP contribution in [0, 0.1) is 0 Å². The molecule has 0 fully saturated rings. The number of aromatic nitrogens is 1. The second-order valence-electron chi connectivity index (χ2n) is 10.9. The van der Waals surface area contributed by atoms with Crippen LogP contribution < -0.4 is 5.32 Å². The number of aliphatic imine (C=N–C) groups is 1. The molecule has 1 aliphatic heterocycles. The van der Waals surface area contributed by atoms with Gasteiger partial charge in [-0.1, -0.05) is 121 Å². The third-order valence-electron chi connectivity index (χ3n) is 8.41. The average Bonchev–Trinajstić information content (AvgIpc) is 3.73. The number of H-pyrrole nitrogens is 1. The summed E-state index contributed by atoms with van der Waals surface area (Å²) < 4.78 is 2.55. The summed E-state index contributed by atoms with van der Waals surface area (Å²) in [5.41, 5.74) is 5.59. The summed E-state index contributed by atoms with van der Waals surface area (Å²) in [7, 11) is 0. The molecule has 0 radical (unpaired) electrons. The number of hydrogen-bond acceptors (Lipinski definition) is 4. The van der Waals surface area contributed by atoms with Crippen LogP contribution in [0.15, 0.2) is 145 Å². The van der Waals surface area contributed by atoms with Crippen molar-refractivity contribution in [2.45, 2.75) is 5.66 Å². The Morgan fingerprint density at radius 3 is 1.95 bits per heavy atom. The van der Waals surface area contributed by atoms with Crippen LogP contribution in [0.3, 0.4) is 0 Å². The van der Waals surface area contributed by atoms with Gasteiger partial charge in [0.25, 0.3) is 0 Å². The SMILES string of the molecule is C1=C(c2ccccc2)NC(c2ccccc2)(c2cccc3sc4[nH]c5sc6ccccc6c5c4c23)N=C1c1ccccc1. The van der Waals surface area contributed by atoms with Crippen molar-refractivity contribution < 1.29 is 0 Å². The summed E-state index contributed by atoms with van der Waals surface area (Å²) in [4.78, 5) is 11.9. The van der Waals surface area contributed by atoms with Gasteiger partial charge in [-0.2, -0.15) is 0 Å². The van der Waals surface area contributed by atoms with E-state index in [0.717, 1.165) is 33.7 Å². The van der Waals surface area contributed by atoms with E-state index in [0.29, 0.717) is 0 Å².